The number of methoxy groups -OCH3 is 1. The quantitative estimate of drug-likeness (QED) is 0.351. The lowest BCUT2D eigenvalue weighted by molar-refractivity contribution is -0.119. The van der Waals surface area contributed by atoms with Gasteiger partial charge >= 0.3 is 5.97 Å². The van der Waals surface area contributed by atoms with Crippen LogP contribution in [0, 0.1) is 5.92 Å². The predicted molar refractivity (Wildman–Crippen MR) is 137 cm³/mol. The molecule has 0 unspecified atom stereocenters. The van der Waals surface area contributed by atoms with Crippen molar-refractivity contribution in [3.05, 3.63) is 65.5 Å². The van der Waals surface area contributed by atoms with Crippen molar-refractivity contribution in [2.45, 2.75) is 33.2 Å². The number of pyridine rings is 1. The van der Waals surface area contributed by atoms with Crippen molar-refractivity contribution in [3.63, 3.8) is 0 Å². The molecule has 0 radical (unpaired) electrons. The number of hydrogen-bond acceptors (Lipinski definition) is 6. The molecule has 3 heterocycles. The number of rotatable bonds is 9. The van der Waals surface area contributed by atoms with Gasteiger partial charge in [-0.05, 0) is 38.3 Å². The molecule has 4 rings (SSSR count). The molecule has 1 aliphatic rings. The van der Waals surface area contributed by atoms with Crippen molar-refractivity contribution in [2.24, 2.45) is 5.92 Å². The van der Waals surface area contributed by atoms with E-state index in [0.717, 1.165) is 11.3 Å². The number of hydrogen-bond donors (Lipinski definition) is 2. The number of aryl methyl sites for hydroxylation is 2. The van der Waals surface area contributed by atoms with E-state index in [1.165, 1.54) is 12.7 Å². The van der Waals surface area contributed by atoms with Crippen molar-refractivity contribution in [1.29, 1.82) is 0 Å². The maximum Gasteiger partial charge on any atom is 0.356 e. The van der Waals surface area contributed by atoms with Crippen LogP contribution in [-0.2, 0) is 27.2 Å². The molecule has 0 aliphatic carbocycles. The van der Waals surface area contributed by atoms with E-state index in [0.29, 0.717) is 61.6 Å². The van der Waals surface area contributed by atoms with Crippen molar-refractivity contribution < 1.29 is 19.1 Å². The molecule has 2 N–H and O–H groups in total. The number of carbonyl (C=O) groups is 2. The van der Waals surface area contributed by atoms with Gasteiger partial charge < -0.3 is 24.7 Å². The summed E-state index contributed by atoms with van der Waals surface area (Å²) in [5.74, 6) is -0.944. The van der Waals surface area contributed by atoms with Gasteiger partial charge in [0.05, 0.1) is 37.2 Å². The first kappa shape index (κ1) is 24.5. The Kier molecular flexibility index (Phi) is 7.82. The molecule has 8 nitrogen and oxygen atoms in total. The minimum Gasteiger partial charge on any atom is -0.464 e. The van der Waals surface area contributed by atoms with Gasteiger partial charge in [0.25, 0.3) is 0 Å². The molecule has 35 heavy (non-hydrogen) atoms. The number of nitrogens with zero attached hydrogens (tertiary/aromatic N) is 2. The van der Waals surface area contributed by atoms with Crippen LogP contribution in [0.15, 0.2) is 54.2 Å². The Bertz CT molecular complexity index is 1230. The second-order valence-corrected chi connectivity index (χ2v) is 8.74. The molecular weight excluding hydrogens is 444 g/mol. The highest BCUT2D eigenvalue weighted by Crippen LogP contribution is 2.33. The van der Waals surface area contributed by atoms with Crippen LogP contribution in [0.25, 0.3) is 11.0 Å². The molecule has 1 atom stereocenters. The molecule has 2 aromatic heterocycles. The van der Waals surface area contributed by atoms with Crippen LogP contribution >= 0.6 is 0 Å². The number of aromatic nitrogens is 2. The monoisotopic (exact) mass is 476 g/mol. The molecule has 8 heteroatoms. The van der Waals surface area contributed by atoms with Crippen LogP contribution < -0.4 is 10.6 Å². The third kappa shape index (κ3) is 5.54. The van der Waals surface area contributed by atoms with Gasteiger partial charge in [-0.25, -0.2) is 9.78 Å². The van der Waals surface area contributed by atoms with Gasteiger partial charge in [0.15, 0.2) is 5.69 Å². The van der Waals surface area contributed by atoms with E-state index < -0.39 is 5.97 Å². The Labute approximate surface area is 205 Å². The number of benzene rings is 1. The summed E-state index contributed by atoms with van der Waals surface area (Å²) < 4.78 is 12.4. The van der Waals surface area contributed by atoms with Gasteiger partial charge in [0, 0.05) is 25.1 Å². The maximum atomic E-state index is 13.1. The lowest BCUT2D eigenvalue weighted by Crippen LogP contribution is -2.24. The lowest BCUT2D eigenvalue weighted by atomic mass is 10.1. The fraction of sp³-hybridized carbons (Fsp3) is 0.370. The van der Waals surface area contributed by atoms with Gasteiger partial charge in [0.1, 0.15) is 5.65 Å². The van der Waals surface area contributed by atoms with Crippen LogP contribution in [0.4, 0.5) is 11.4 Å². The molecule has 1 aromatic carbocycles. The number of esters is 1. The standard InChI is InChI=1S/C27H32N4O4/c1-4-18(2)15-28-21-14-22-23(30-26(32)20-11-13-35-17-20)24(27(33)34-3)31(25(22)29-16-21)12-10-19-8-6-5-7-9-19/h4-9,14,16,20,28H,10-13,15,17H2,1-3H3,(H,30,32)/b18-4+/t20-/m1/s1. The van der Waals surface area contributed by atoms with Gasteiger partial charge in [-0.15, -0.1) is 0 Å². The van der Waals surface area contributed by atoms with Gasteiger partial charge in [-0.3, -0.25) is 4.79 Å². The van der Waals surface area contributed by atoms with E-state index >= 15 is 0 Å². The maximum absolute atomic E-state index is 13.1. The number of nitrogens with one attached hydrogen (secondary N) is 2. The van der Waals surface area contributed by atoms with Gasteiger partial charge in [-0.2, -0.15) is 0 Å². The van der Waals surface area contributed by atoms with Gasteiger partial charge in [-0.1, -0.05) is 42.0 Å². The SMILES string of the molecule is C/C=C(\C)CNc1cnc2c(c1)c(NC(=O)[C@@H]1CCOC1)c(C(=O)OC)n2CCc1ccccc1. The first-order valence-electron chi connectivity index (χ1n) is 11.9. The van der Waals surface area contributed by atoms with Crippen molar-refractivity contribution >= 4 is 34.3 Å². The molecule has 1 saturated heterocycles. The summed E-state index contributed by atoms with van der Waals surface area (Å²) in [7, 11) is 1.35. The Morgan fingerprint density at radius 1 is 1.29 bits per heavy atom. The third-order valence-corrected chi connectivity index (χ3v) is 6.36. The average molecular weight is 477 g/mol. The second-order valence-electron chi connectivity index (χ2n) is 8.74. The number of amides is 1. The molecule has 184 valence electrons. The molecule has 1 fully saturated rings. The first-order valence-corrected chi connectivity index (χ1v) is 11.9. The summed E-state index contributed by atoms with van der Waals surface area (Å²) >= 11 is 0. The average Bonchev–Trinajstić information content (AvgIpc) is 3.53. The zero-order chi connectivity index (χ0) is 24.8. The molecular formula is C27H32N4O4. The summed E-state index contributed by atoms with van der Waals surface area (Å²) in [5.41, 5.74) is 4.47. The number of ether oxygens (including phenoxy) is 2. The Balaban J connectivity index is 1.78. The highest BCUT2D eigenvalue weighted by molar-refractivity contribution is 6.11. The molecule has 1 aliphatic heterocycles. The minimum atomic E-state index is -0.520. The minimum absolute atomic E-state index is 0.169. The van der Waals surface area contributed by atoms with E-state index in [9.17, 15) is 9.59 Å². The van der Waals surface area contributed by atoms with Crippen LogP contribution in [-0.4, -0.2) is 48.3 Å². The summed E-state index contributed by atoms with van der Waals surface area (Å²) in [5, 5.41) is 7.07. The van der Waals surface area contributed by atoms with Crippen LogP contribution in [0.1, 0.15) is 36.3 Å². The predicted octanol–water partition coefficient (Wildman–Crippen LogP) is 4.42. The molecule has 1 amide bonds. The summed E-state index contributed by atoms with van der Waals surface area (Å²) in [6, 6.07) is 12.0. The molecule has 0 spiro atoms. The molecule has 3 aromatic rings. The summed E-state index contributed by atoms with van der Waals surface area (Å²) in [6.07, 6.45) is 5.14. The largest absolute Gasteiger partial charge is 0.464 e. The number of carbonyl (C=O) groups excluding carboxylic acids is 2. The van der Waals surface area contributed by atoms with Gasteiger partial charge in [0.2, 0.25) is 5.91 Å². The normalized spacial score (nSPS) is 15.9. The van der Waals surface area contributed by atoms with Crippen molar-refractivity contribution in [3.8, 4) is 0 Å². The Morgan fingerprint density at radius 3 is 2.77 bits per heavy atom. The van der Waals surface area contributed by atoms with Crippen molar-refractivity contribution in [2.75, 3.05) is 37.5 Å². The fourth-order valence-corrected chi connectivity index (χ4v) is 4.17. The summed E-state index contributed by atoms with van der Waals surface area (Å²) in [4.78, 5) is 30.8. The Hall–Kier alpha value is -3.65. The zero-order valence-electron chi connectivity index (χ0n) is 20.5. The van der Waals surface area contributed by atoms with E-state index in [1.807, 2.05) is 60.9 Å². The fourth-order valence-electron chi connectivity index (χ4n) is 4.17. The smallest absolute Gasteiger partial charge is 0.356 e. The molecule has 0 saturated carbocycles. The lowest BCUT2D eigenvalue weighted by Gasteiger charge is -2.12. The second kappa shape index (κ2) is 11.2. The number of anilines is 2. The van der Waals surface area contributed by atoms with E-state index in [4.69, 9.17) is 14.5 Å². The zero-order valence-corrected chi connectivity index (χ0v) is 20.5. The van der Waals surface area contributed by atoms with Crippen molar-refractivity contribution in [1.82, 2.24) is 9.55 Å². The van der Waals surface area contributed by atoms with E-state index in [1.54, 1.807) is 6.20 Å². The summed E-state index contributed by atoms with van der Waals surface area (Å²) in [6.45, 7) is 6.15. The highest BCUT2D eigenvalue weighted by atomic mass is 16.5. The number of allylic oxidation sites excluding steroid dienone is 1. The topological polar surface area (TPSA) is 94.5 Å². The Morgan fingerprint density at radius 2 is 2.09 bits per heavy atom. The van der Waals surface area contributed by atoms with E-state index in [2.05, 4.69) is 10.6 Å². The van der Waals surface area contributed by atoms with Crippen LogP contribution in [0.2, 0.25) is 0 Å². The number of fused-ring (bicyclic) bond motifs is 1. The van der Waals surface area contributed by atoms with E-state index in [-0.39, 0.29) is 11.8 Å². The van der Waals surface area contributed by atoms with Crippen LogP contribution in [0.5, 0.6) is 0 Å². The molecule has 0 bridgehead atoms. The first-order chi connectivity index (χ1) is 17.0. The highest BCUT2D eigenvalue weighted by Gasteiger charge is 2.29. The van der Waals surface area contributed by atoms with Crippen LogP contribution in [0.3, 0.4) is 0 Å². The third-order valence-electron chi connectivity index (χ3n) is 6.36.